The van der Waals surface area contributed by atoms with E-state index >= 15 is 0 Å². The molecule has 0 heterocycles. The molecule has 2 rings (SSSR count). The van der Waals surface area contributed by atoms with Crippen molar-refractivity contribution in [3.63, 3.8) is 0 Å². The van der Waals surface area contributed by atoms with Crippen LogP contribution in [0.15, 0.2) is 48.5 Å². The molecule has 2 aromatic rings. The maximum Gasteiger partial charge on any atom is 0.257 e. The fourth-order valence-electron chi connectivity index (χ4n) is 1.95. The number of rotatable bonds is 7. The number of hydrogen-bond donors (Lipinski definition) is 2. The van der Waals surface area contributed by atoms with Gasteiger partial charge in [-0.05, 0) is 42.3 Å². The van der Waals surface area contributed by atoms with Crippen molar-refractivity contribution >= 4 is 11.8 Å². The number of halogens is 1. The van der Waals surface area contributed by atoms with E-state index in [2.05, 4.69) is 5.32 Å². The van der Waals surface area contributed by atoms with Gasteiger partial charge in [0.1, 0.15) is 11.6 Å². The molecule has 2 aromatic carbocycles. The predicted molar refractivity (Wildman–Crippen MR) is 83.6 cm³/mol. The zero-order valence-electron chi connectivity index (χ0n) is 12.4. The number of hydrogen-bond acceptors (Lipinski definition) is 3. The van der Waals surface area contributed by atoms with Gasteiger partial charge in [0.05, 0.1) is 0 Å². The van der Waals surface area contributed by atoms with Crippen molar-refractivity contribution in [2.45, 2.75) is 6.42 Å². The highest BCUT2D eigenvalue weighted by Crippen LogP contribution is 2.11. The highest BCUT2D eigenvalue weighted by molar-refractivity contribution is 5.92. The van der Waals surface area contributed by atoms with Crippen LogP contribution in [0.4, 0.5) is 4.39 Å². The molecule has 0 aliphatic rings. The van der Waals surface area contributed by atoms with Crippen molar-refractivity contribution in [3.8, 4) is 5.75 Å². The Morgan fingerprint density at radius 3 is 2.43 bits per heavy atom. The van der Waals surface area contributed by atoms with Crippen molar-refractivity contribution in [3.05, 3.63) is 65.5 Å². The van der Waals surface area contributed by atoms with Crippen molar-refractivity contribution in [1.82, 2.24) is 5.32 Å². The first kappa shape index (κ1) is 16.5. The Morgan fingerprint density at radius 2 is 1.78 bits per heavy atom. The monoisotopic (exact) mass is 316 g/mol. The molecule has 0 spiro atoms. The van der Waals surface area contributed by atoms with Gasteiger partial charge in [-0.3, -0.25) is 9.59 Å². The number of primary amides is 1. The van der Waals surface area contributed by atoms with Crippen LogP contribution in [0.25, 0.3) is 0 Å². The minimum Gasteiger partial charge on any atom is -0.484 e. The third-order valence-corrected chi connectivity index (χ3v) is 3.18. The van der Waals surface area contributed by atoms with E-state index in [0.29, 0.717) is 29.8 Å². The number of nitrogens with two attached hydrogens (primary N) is 1. The van der Waals surface area contributed by atoms with E-state index in [1.54, 1.807) is 30.3 Å². The molecule has 0 aliphatic carbocycles. The van der Waals surface area contributed by atoms with Crippen LogP contribution in [0.2, 0.25) is 0 Å². The summed E-state index contributed by atoms with van der Waals surface area (Å²) in [6, 6.07) is 12.6. The lowest BCUT2D eigenvalue weighted by Gasteiger charge is -2.08. The molecule has 23 heavy (non-hydrogen) atoms. The number of amides is 2. The topological polar surface area (TPSA) is 81.4 Å². The SMILES string of the molecule is NC(=O)c1ccc(OCC(=O)NCCc2ccccc2F)cc1. The molecule has 0 aliphatic heterocycles. The van der Waals surface area contributed by atoms with E-state index in [0.717, 1.165) is 0 Å². The van der Waals surface area contributed by atoms with Crippen LogP contribution < -0.4 is 15.8 Å². The van der Waals surface area contributed by atoms with E-state index in [4.69, 9.17) is 10.5 Å². The number of carbonyl (C=O) groups excluding carboxylic acids is 2. The van der Waals surface area contributed by atoms with Gasteiger partial charge in [0.15, 0.2) is 6.61 Å². The third-order valence-electron chi connectivity index (χ3n) is 3.18. The summed E-state index contributed by atoms with van der Waals surface area (Å²) in [5.74, 6) is -0.658. The van der Waals surface area contributed by atoms with Crippen molar-refractivity contribution in [1.29, 1.82) is 0 Å². The van der Waals surface area contributed by atoms with Gasteiger partial charge >= 0.3 is 0 Å². The van der Waals surface area contributed by atoms with Crippen LogP contribution in [-0.4, -0.2) is 25.0 Å². The van der Waals surface area contributed by atoms with E-state index in [1.807, 2.05) is 0 Å². The van der Waals surface area contributed by atoms with E-state index in [-0.39, 0.29) is 18.3 Å². The molecular formula is C17H17FN2O3. The van der Waals surface area contributed by atoms with Gasteiger partial charge in [0.25, 0.3) is 5.91 Å². The standard InChI is InChI=1S/C17H17FN2O3/c18-15-4-2-1-3-12(15)9-10-20-16(21)11-23-14-7-5-13(6-8-14)17(19)22/h1-8H,9-11H2,(H2,19,22)(H,20,21). The molecule has 6 heteroatoms. The molecule has 0 atom stereocenters. The summed E-state index contributed by atoms with van der Waals surface area (Å²) in [6.07, 6.45) is 0.408. The van der Waals surface area contributed by atoms with Crippen LogP contribution in [0.1, 0.15) is 15.9 Å². The van der Waals surface area contributed by atoms with Gasteiger partial charge in [-0.15, -0.1) is 0 Å². The largest absolute Gasteiger partial charge is 0.484 e. The van der Waals surface area contributed by atoms with Gasteiger partial charge in [0, 0.05) is 12.1 Å². The summed E-state index contributed by atoms with van der Waals surface area (Å²) in [6.45, 7) is 0.164. The maximum atomic E-state index is 13.4. The summed E-state index contributed by atoms with van der Waals surface area (Å²) >= 11 is 0. The summed E-state index contributed by atoms with van der Waals surface area (Å²) in [7, 11) is 0. The lowest BCUT2D eigenvalue weighted by Crippen LogP contribution is -2.30. The second-order valence-corrected chi connectivity index (χ2v) is 4.87. The first-order chi connectivity index (χ1) is 11.1. The minimum atomic E-state index is -0.526. The average Bonchev–Trinajstić information content (AvgIpc) is 2.55. The first-order valence-corrected chi connectivity index (χ1v) is 7.09. The second kappa shape index (κ2) is 7.93. The minimum absolute atomic E-state index is 0.160. The summed E-state index contributed by atoms with van der Waals surface area (Å²) < 4.78 is 18.7. The first-order valence-electron chi connectivity index (χ1n) is 7.09. The Morgan fingerprint density at radius 1 is 1.09 bits per heavy atom. The molecule has 2 amide bonds. The van der Waals surface area contributed by atoms with Gasteiger partial charge in [-0.25, -0.2) is 4.39 Å². The fraction of sp³-hybridized carbons (Fsp3) is 0.176. The van der Waals surface area contributed by atoms with E-state index < -0.39 is 5.91 Å². The van der Waals surface area contributed by atoms with Gasteiger partial charge in [-0.2, -0.15) is 0 Å². The highest BCUT2D eigenvalue weighted by atomic mass is 19.1. The van der Waals surface area contributed by atoms with Crippen LogP contribution in [-0.2, 0) is 11.2 Å². The van der Waals surface area contributed by atoms with Gasteiger partial charge < -0.3 is 15.8 Å². The van der Waals surface area contributed by atoms with Crippen LogP contribution in [0.3, 0.4) is 0 Å². The fourth-order valence-corrected chi connectivity index (χ4v) is 1.95. The summed E-state index contributed by atoms with van der Waals surface area (Å²) in [5, 5.41) is 2.65. The third kappa shape index (κ3) is 5.10. The normalized spacial score (nSPS) is 10.1. The van der Waals surface area contributed by atoms with Gasteiger partial charge in [-0.1, -0.05) is 18.2 Å². The second-order valence-electron chi connectivity index (χ2n) is 4.87. The van der Waals surface area contributed by atoms with E-state index in [1.165, 1.54) is 18.2 Å². The summed E-state index contributed by atoms with van der Waals surface area (Å²) in [4.78, 5) is 22.6. The van der Waals surface area contributed by atoms with E-state index in [9.17, 15) is 14.0 Å². The quantitative estimate of drug-likeness (QED) is 0.815. The molecule has 120 valence electrons. The number of ether oxygens (including phenoxy) is 1. The van der Waals surface area contributed by atoms with Crippen LogP contribution in [0, 0.1) is 5.82 Å². The Bertz CT molecular complexity index is 686. The van der Waals surface area contributed by atoms with Crippen LogP contribution in [0.5, 0.6) is 5.75 Å². The van der Waals surface area contributed by atoms with Crippen molar-refractivity contribution in [2.24, 2.45) is 5.73 Å². The highest BCUT2D eigenvalue weighted by Gasteiger charge is 2.05. The lowest BCUT2D eigenvalue weighted by atomic mass is 10.1. The Hall–Kier alpha value is -2.89. The molecular weight excluding hydrogens is 299 g/mol. The smallest absolute Gasteiger partial charge is 0.257 e. The molecule has 0 unspecified atom stereocenters. The zero-order valence-corrected chi connectivity index (χ0v) is 12.4. The molecule has 0 saturated heterocycles. The van der Waals surface area contributed by atoms with Crippen LogP contribution >= 0.6 is 0 Å². The summed E-state index contributed by atoms with van der Waals surface area (Å²) in [5.41, 5.74) is 6.05. The molecule has 0 bridgehead atoms. The number of carbonyl (C=O) groups is 2. The Labute approximate surface area is 133 Å². The predicted octanol–water partition coefficient (Wildman–Crippen LogP) is 1.66. The molecule has 0 aromatic heterocycles. The van der Waals surface area contributed by atoms with Crippen molar-refractivity contribution < 1.29 is 18.7 Å². The maximum absolute atomic E-state index is 13.4. The molecule has 0 radical (unpaired) electrons. The average molecular weight is 316 g/mol. The molecule has 5 nitrogen and oxygen atoms in total. The van der Waals surface area contributed by atoms with Gasteiger partial charge in [0.2, 0.25) is 5.91 Å². The Kier molecular flexibility index (Phi) is 5.68. The van der Waals surface area contributed by atoms with Crippen molar-refractivity contribution in [2.75, 3.05) is 13.2 Å². The molecule has 0 saturated carbocycles. The molecule has 0 fully saturated rings. The zero-order chi connectivity index (χ0) is 16.7. The number of nitrogens with one attached hydrogen (secondary N) is 1. The number of benzene rings is 2. The molecule has 3 N–H and O–H groups in total. The Balaban J connectivity index is 1.73. The lowest BCUT2D eigenvalue weighted by molar-refractivity contribution is -0.123.